The second-order valence-corrected chi connectivity index (χ2v) is 4.76. The zero-order chi connectivity index (χ0) is 15.6. The molecule has 0 radical (unpaired) electrons. The van der Waals surface area contributed by atoms with E-state index in [1.54, 1.807) is 4.90 Å². The third kappa shape index (κ3) is 3.48. The van der Waals surface area contributed by atoms with Gasteiger partial charge in [-0.05, 0) is 6.07 Å². The minimum Gasteiger partial charge on any atom is -0.409 e. The first-order valence-corrected chi connectivity index (χ1v) is 6.27. The van der Waals surface area contributed by atoms with E-state index in [4.69, 9.17) is 27.3 Å². The molecule has 1 unspecified atom stereocenters. The first kappa shape index (κ1) is 15.6. The maximum absolute atomic E-state index is 12.6. The summed E-state index contributed by atoms with van der Waals surface area (Å²) in [7, 11) is 0. The fourth-order valence-corrected chi connectivity index (χ4v) is 2.19. The van der Waals surface area contributed by atoms with Crippen molar-refractivity contribution in [2.24, 2.45) is 10.9 Å². The number of hydrogen-bond acceptors (Lipinski definition) is 5. The molecule has 1 atom stereocenters. The van der Waals surface area contributed by atoms with Crippen molar-refractivity contribution >= 4 is 23.3 Å². The van der Waals surface area contributed by atoms with Crippen molar-refractivity contribution < 1.29 is 23.1 Å². The van der Waals surface area contributed by atoms with Crippen LogP contribution in [0.4, 0.5) is 19.0 Å². The number of oxime groups is 1. The molecule has 0 aliphatic carbocycles. The van der Waals surface area contributed by atoms with E-state index in [2.05, 4.69) is 10.1 Å². The molecule has 1 aromatic heterocycles. The van der Waals surface area contributed by atoms with Crippen molar-refractivity contribution in [3.05, 3.63) is 22.8 Å². The van der Waals surface area contributed by atoms with E-state index >= 15 is 0 Å². The largest absolute Gasteiger partial charge is 0.417 e. The first-order valence-electron chi connectivity index (χ1n) is 5.89. The van der Waals surface area contributed by atoms with E-state index in [0.717, 1.165) is 12.3 Å². The van der Waals surface area contributed by atoms with Gasteiger partial charge in [0.15, 0.2) is 5.84 Å². The summed E-state index contributed by atoms with van der Waals surface area (Å²) in [6, 6.07) is 0.817. The van der Waals surface area contributed by atoms with Gasteiger partial charge in [0.2, 0.25) is 0 Å². The van der Waals surface area contributed by atoms with Crippen molar-refractivity contribution in [3.63, 3.8) is 0 Å². The third-order valence-electron chi connectivity index (χ3n) is 2.96. The summed E-state index contributed by atoms with van der Waals surface area (Å²) in [5.74, 6) is 0.0754. The summed E-state index contributed by atoms with van der Waals surface area (Å²) < 4.78 is 43.0. The van der Waals surface area contributed by atoms with Gasteiger partial charge < -0.3 is 20.6 Å². The van der Waals surface area contributed by atoms with Crippen molar-refractivity contribution in [2.75, 3.05) is 24.6 Å². The van der Waals surface area contributed by atoms with Crippen LogP contribution in [0, 0.1) is 0 Å². The van der Waals surface area contributed by atoms with Crippen molar-refractivity contribution in [1.82, 2.24) is 4.98 Å². The van der Waals surface area contributed by atoms with Gasteiger partial charge in [-0.25, -0.2) is 4.98 Å². The lowest BCUT2D eigenvalue weighted by atomic mass is 10.2. The van der Waals surface area contributed by atoms with Gasteiger partial charge in [-0.3, -0.25) is 0 Å². The zero-order valence-corrected chi connectivity index (χ0v) is 11.4. The standard InChI is InChI=1S/C11H12ClF3N4O2/c12-7-3-6(11(13,14)15)4-17-10(7)19-1-2-21-8(5-19)9(16)18-20/h3-4,8,20H,1-2,5H2,(H2,16,18). The van der Waals surface area contributed by atoms with E-state index in [9.17, 15) is 13.2 Å². The maximum atomic E-state index is 12.6. The molecule has 3 N–H and O–H groups in total. The maximum Gasteiger partial charge on any atom is 0.417 e. The molecule has 1 fully saturated rings. The number of alkyl halides is 3. The van der Waals surface area contributed by atoms with Gasteiger partial charge in [-0.2, -0.15) is 13.2 Å². The molecule has 1 saturated heterocycles. The molecule has 21 heavy (non-hydrogen) atoms. The van der Waals surface area contributed by atoms with Crippen LogP contribution in [0.5, 0.6) is 0 Å². The van der Waals surface area contributed by atoms with Crippen molar-refractivity contribution in [1.29, 1.82) is 0 Å². The van der Waals surface area contributed by atoms with Crippen LogP contribution >= 0.6 is 11.6 Å². The Balaban J connectivity index is 2.22. The van der Waals surface area contributed by atoms with Crippen molar-refractivity contribution in [3.8, 4) is 0 Å². The van der Waals surface area contributed by atoms with Crippen LogP contribution in [0.25, 0.3) is 0 Å². The number of aromatic nitrogens is 1. The highest BCUT2D eigenvalue weighted by atomic mass is 35.5. The Morgan fingerprint density at radius 2 is 2.29 bits per heavy atom. The van der Waals surface area contributed by atoms with Gasteiger partial charge in [0.05, 0.1) is 23.7 Å². The highest BCUT2D eigenvalue weighted by Crippen LogP contribution is 2.33. The molecule has 2 heterocycles. The van der Waals surface area contributed by atoms with E-state index in [-0.39, 0.29) is 29.8 Å². The van der Waals surface area contributed by atoms with E-state index in [1.807, 2.05) is 0 Å². The predicted octanol–water partition coefficient (Wildman–Crippen LogP) is 1.71. The lowest BCUT2D eigenvalue weighted by Gasteiger charge is -2.33. The minimum atomic E-state index is -4.50. The molecule has 1 aliphatic rings. The summed E-state index contributed by atoms with van der Waals surface area (Å²) in [6.07, 6.45) is -4.46. The Kier molecular flexibility index (Phi) is 4.43. The molecule has 0 bridgehead atoms. The normalized spacial score (nSPS) is 20.7. The Morgan fingerprint density at radius 3 is 2.86 bits per heavy atom. The van der Waals surface area contributed by atoms with Crippen LogP contribution in [0.15, 0.2) is 17.4 Å². The van der Waals surface area contributed by atoms with Gasteiger partial charge in [-0.15, -0.1) is 0 Å². The van der Waals surface area contributed by atoms with E-state index in [0.29, 0.717) is 6.54 Å². The van der Waals surface area contributed by atoms with Crippen LogP contribution in [-0.2, 0) is 10.9 Å². The minimum absolute atomic E-state index is 0.120. The van der Waals surface area contributed by atoms with E-state index < -0.39 is 17.8 Å². The Bertz CT molecular complexity index is 553. The summed E-state index contributed by atoms with van der Waals surface area (Å²) >= 11 is 5.87. The number of nitrogens with zero attached hydrogens (tertiary/aromatic N) is 3. The molecule has 1 aliphatic heterocycles. The Labute approximate surface area is 122 Å². The summed E-state index contributed by atoms with van der Waals surface area (Å²) in [4.78, 5) is 5.38. The Morgan fingerprint density at radius 1 is 1.57 bits per heavy atom. The van der Waals surface area contributed by atoms with E-state index in [1.165, 1.54) is 0 Å². The fraction of sp³-hybridized carbons (Fsp3) is 0.455. The molecule has 2 rings (SSSR count). The number of rotatable bonds is 2. The van der Waals surface area contributed by atoms with Gasteiger partial charge in [0, 0.05) is 12.7 Å². The highest BCUT2D eigenvalue weighted by molar-refractivity contribution is 6.33. The van der Waals surface area contributed by atoms with Gasteiger partial charge in [-0.1, -0.05) is 16.8 Å². The molecule has 1 aromatic rings. The third-order valence-corrected chi connectivity index (χ3v) is 3.24. The first-order chi connectivity index (χ1) is 9.82. The number of anilines is 1. The molecule has 0 amide bonds. The number of hydrogen-bond donors (Lipinski definition) is 2. The lowest BCUT2D eigenvalue weighted by Crippen LogP contribution is -2.49. The summed E-state index contributed by atoms with van der Waals surface area (Å²) in [6.45, 7) is 0.807. The number of morpholine rings is 1. The number of ether oxygens (including phenoxy) is 1. The van der Waals surface area contributed by atoms with Crippen LogP contribution < -0.4 is 10.6 Å². The quantitative estimate of drug-likeness (QED) is 0.374. The van der Waals surface area contributed by atoms with Crippen LogP contribution in [-0.4, -0.2) is 41.8 Å². The van der Waals surface area contributed by atoms with Gasteiger partial charge in [0.25, 0.3) is 0 Å². The molecular weight excluding hydrogens is 313 g/mol. The molecule has 116 valence electrons. The van der Waals surface area contributed by atoms with Crippen LogP contribution in [0.1, 0.15) is 5.56 Å². The Hall–Kier alpha value is -1.74. The average molecular weight is 325 g/mol. The molecule has 0 saturated carbocycles. The zero-order valence-electron chi connectivity index (χ0n) is 10.6. The number of pyridine rings is 1. The molecule has 6 nitrogen and oxygen atoms in total. The molecule has 10 heteroatoms. The number of nitrogens with two attached hydrogens (primary N) is 1. The van der Waals surface area contributed by atoms with Crippen LogP contribution in [0.2, 0.25) is 5.02 Å². The van der Waals surface area contributed by atoms with Gasteiger partial charge >= 0.3 is 6.18 Å². The van der Waals surface area contributed by atoms with Crippen LogP contribution in [0.3, 0.4) is 0 Å². The predicted molar refractivity (Wildman–Crippen MR) is 69.6 cm³/mol. The average Bonchev–Trinajstić information content (AvgIpc) is 2.45. The smallest absolute Gasteiger partial charge is 0.409 e. The lowest BCUT2D eigenvalue weighted by molar-refractivity contribution is -0.137. The second-order valence-electron chi connectivity index (χ2n) is 4.36. The molecular formula is C11H12ClF3N4O2. The van der Waals surface area contributed by atoms with Crippen molar-refractivity contribution in [2.45, 2.75) is 12.3 Å². The molecule has 0 spiro atoms. The SMILES string of the molecule is NC(=NO)C1CN(c2ncc(C(F)(F)F)cc2Cl)CCO1. The monoisotopic (exact) mass is 324 g/mol. The molecule has 0 aromatic carbocycles. The van der Waals surface area contributed by atoms with Gasteiger partial charge in [0.1, 0.15) is 11.9 Å². The highest BCUT2D eigenvalue weighted by Gasteiger charge is 2.33. The number of halogens is 4. The topological polar surface area (TPSA) is 84.0 Å². The summed E-state index contributed by atoms with van der Waals surface area (Å²) in [5, 5.41) is 11.4. The second kappa shape index (κ2) is 5.94. The summed E-state index contributed by atoms with van der Waals surface area (Å²) in [5.41, 5.74) is 4.53. The fourth-order valence-electron chi connectivity index (χ4n) is 1.90. The number of amidine groups is 1.